The fourth-order valence-corrected chi connectivity index (χ4v) is 5.21. The summed E-state index contributed by atoms with van der Waals surface area (Å²) in [5, 5.41) is 11.8. The van der Waals surface area contributed by atoms with Gasteiger partial charge >= 0.3 is 6.18 Å². The van der Waals surface area contributed by atoms with Crippen molar-refractivity contribution in [3.05, 3.63) is 48.3 Å². The number of halogens is 3. The molecule has 38 heavy (non-hydrogen) atoms. The number of fused-ring (bicyclic) bond motifs is 1. The van der Waals surface area contributed by atoms with Crippen molar-refractivity contribution < 1.29 is 22.7 Å². The van der Waals surface area contributed by atoms with Crippen LogP contribution < -0.4 is 9.80 Å². The topological polar surface area (TPSA) is 92.2 Å². The minimum Gasteiger partial charge on any atom is -0.377 e. The number of carbonyl (C=O) groups excluding carboxylic acids is 1. The van der Waals surface area contributed by atoms with Crippen molar-refractivity contribution >= 4 is 28.4 Å². The summed E-state index contributed by atoms with van der Waals surface area (Å²) in [6.45, 7) is 3.92. The summed E-state index contributed by atoms with van der Waals surface area (Å²) in [6.07, 6.45) is 0.345. The number of piperidine rings is 1. The van der Waals surface area contributed by atoms with Crippen LogP contribution in [0.25, 0.3) is 28.0 Å². The molecule has 5 heterocycles. The molecular weight excluding hydrogens is 499 g/mol. The summed E-state index contributed by atoms with van der Waals surface area (Å²) in [5.74, 6) is 0.844. The minimum absolute atomic E-state index is 0.00171. The molecule has 12 heteroatoms. The molecular formula is C26H26F3N7O2. The first-order valence-corrected chi connectivity index (χ1v) is 12.6. The summed E-state index contributed by atoms with van der Waals surface area (Å²) in [4.78, 5) is 20.8. The lowest BCUT2D eigenvalue weighted by atomic mass is 9.96. The van der Waals surface area contributed by atoms with Gasteiger partial charge in [-0.1, -0.05) is 6.07 Å². The van der Waals surface area contributed by atoms with Gasteiger partial charge in [-0.3, -0.25) is 9.89 Å². The van der Waals surface area contributed by atoms with Crippen LogP contribution >= 0.6 is 0 Å². The molecule has 9 nitrogen and oxygen atoms in total. The molecule has 4 aromatic rings. The van der Waals surface area contributed by atoms with Crippen LogP contribution in [0.4, 0.5) is 24.7 Å². The highest BCUT2D eigenvalue weighted by Gasteiger charge is 2.36. The standard InChI is InChI=1S/C26H26F3N7O2/c1-16-15-38-11-10-34(16)23-13-19(20-14-31-36(25(20)32-23)22-7-8-30-33-22)18-6-5-17(12-21(18)26(27,28)29)35-9-3-2-4-24(35)37/h5-8,12-14,16H,2-4,9-11,15H2,1H3,(H,30,33)/t16-/m1/s1. The lowest BCUT2D eigenvalue weighted by Crippen LogP contribution is -2.44. The van der Waals surface area contributed by atoms with E-state index in [0.717, 1.165) is 18.9 Å². The predicted octanol–water partition coefficient (Wildman–Crippen LogP) is 4.57. The Hall–Kier alpha value is -3.93. The number of nitrogens with zero attached hydrogens (tertiary/aromatic N) is 6. The molecule has 1 amide bonds. The van der Waals surface area contributed by atoms with Crippen LogP contribution in [0.15, 0.2) is 42.7 Å². The van der Waals surface area contributed by atoms with Gasteiger partial charge < -0.3 is 14.5 Å². The molecule has 0 bridgehead atoms. The van der Waals surface area contributed by atoms with E-state index in [0.29, 0.717) is 61.0 Å². The van der Waals surface area contributed by atoms with Gasteiger partial charge in [0, 0.05) is 42.8 Å². The Kier molecular flexibility index (Phi) is 6.05. The molecule has 0 spiro atoms. The molecule has 2 aliphatic heterocycles. The van der Waals surface area contributed by atoms with Gasteiger partial charge in [0.1, 0.15) is 5.82 Å². The summed E-state index contributed by atoms with van der Waals surface area (Å²) >= 11 is 0. The van der Waals surface area contributed by atoms with E-state index >= 15 is 0 Å². The number of H-pyrrole nitrogens is 1. The van der Waals surface area contributed by atoms with Crippen LogP contribution in [0.2, 0.25) is 0 Å². The maximum atomic E-state index is 14.5. The van der Waals surface area contributed by atoms with Crippen LogP contribution in [0.1, 0.15) is 31.7 Å². The zero-order valence-electron chi connectivity index (χ0n) is 20.7. The largest absolute Gasteiger partial charge is 0.417 e. The van der Waals surface area contributed by atoms with Gasteiger partial charge in [0.25, 0.3) is 0 Å². The highest BCUT2D eigenvalue weighted by molar-refractivity contribution is 5.98. The van der Waals surface area contributed by atoms with Crippen LogP contribution in [0.5, 0.6) is 0 Å². The van der Waals surface area contributed by atoms with Crippen LogP contribution in [-0.2, 0) is 15.7 Å². The third-order valence-electron chi connectivity index (χ3n) is 7.13. The Bertz CT molecular complexity index is 1480. The van der Waals surface area contributed by atoms with Crippen molar-refractivity contribution in [3.63, 3.8) is 0 Å². The highest BCUT2D eigenvalue weighted by atomic mass is 19.4. The maximum absolute atomic E-state index is 14.5. The smallest absolute Gasteiger partial charge is 0.377 e. The van der Waals surface area contributed by atoms with Gasteiger partial charge in [0.2, 0.25) is 5.91 Å². The van der Waals surface area contributed by atoms with Crippen molar-refractivity contribution in [3.8, 4) is 16.9 Å². The third-order valence-corrected chi connectivity index (χ3v) is 7.13. The molecule has 1 atom stereocenters. The number of nitrogens with one attached hydrogen (secondary N) is 1. The van der Waals surface area contributed by atoms with Crippen molar-refractivity contribution in [2.75, 3.05) is 36.1 Å². The number of morpholine rings is 1. The molecule has 2 fully saturated rings. The zero-order chi connectivity index (χ0) is 26.4. The second-order valence-corrected chi connectivity index (χ2v) is 9.60. The highest BCUT2D eigenvalue weighted by Crippen LogP contribution is 2.43. The lowest BCUT2D eigenvalue weighted by Gasteiger charge is -2.34. The Morgan fingerprint density at radius 1 is 1.08 bits per heavy atom. The Labute approximate surface area is 216 Å². The number of anilines is 2. The number of ether oxygens (including phenoxy) is 1. The van der Waals surface area contributed by atoms with Gasteiger partial charge in [-0.15, -0.1) is 0 Å². The molecule has 198 valence electrons. The van der Waals surface area contributed by atoms with Crippen molar-refractivity contribution in [2.24, 2.45) is 0 Å². The van der Waals surface area contributed by atoms with E-state index in [-0.39, 0.29) is 23.2 Å². The van der Waals surface area contributed by atoms with E-state index in [4.69, 9.17) is 9.72 Å². The molecule has 6 rings (SSSR count). The second kappa shape index (κ2) is 9.43. The van der Waals surface area contributed by atoms with Crippen LogP contribution in [0, 0.1) is 0 Å². The number of benzene rings is 1. The Morgan fingerprint density at radius 3 is 2.68 bits per heavy atom. The quantitative estimate of drug-likeness (QED) is 0.420. The fraction of sp³-hybridized carbons (Fsp3) is 0.385. The molecule has 2 aliphatic rings. The molecule has 1 N–H and O–H groups in total. The molecule has 1 aromatic carbocycles. The van der Waals surface area contributed by atoms with Crippen LogP contribution in [0.3, 0.4) is 0 Å². The number of amides is 1. The Balaban J connectivity index is 1.56. The minimum atomic E-state index is -4.65. The van der Waals surface area contributed by atoms with Crippen LogP contribution in [-0.4, -0.2) is 63.2 Å². The number of hydrogen-bond donors (Lipinski definition) is 1. The average molecular weight is 526 g/mol. The summed E-state index contributed by atoms with van der Waals surface area (Å²) in [5.41, 5.74) is 0.197. The van der Waals surface area contributed by atoms with Gasteiger partial charge in [-0.2, -0.15) is 28.1 Å². The van der Waals surface area contributed by atoms with E-state index in [2.05, 4.69) is 15.3 Å². The number of pyridine rings is 1. The molecule has 0 unspecified atom stereocenters. The van der Waals surface area contributed by atoms with Crippen molar-refractivity contribution in [1.29, 1.82) is 0 Å². The molecule has 0 aliphatic carbocycles. The maximum Gasteiger partial charge on any atom is 0.417 e. The summed E-state index contributed by atoms with van der Waals surface area (Å²) < 4.78 is 50.7. The zero-order valence-corrected chi connectivity index (χ0v) is 20.7. The molecule has 0 radical (unpaired) electrons. The number of carbonyl (C=O) groups is 1. The van der Waals surface area contributed by atoms with E-state index in [1.54, 1.807) is 24.4 Å². The first kappa shape index (κ1) is 24.4. The predicted molar refractivity (Wildman–Crippen MR) is 135 cm³/mol. The monoisotopic (exact) mass is 525 g/mol. The second-order valence-electron chi connectivity index (χ2n) is 9.60. The third kappa shape index (κ3) is 4.28. The Morgan fingerprint density at radius 2 is 1.95 bits per heavy atom. The first-order valence-electron chi connectivity index (χ1n) is 12.6. The fourth-order valence-electron chi connectivity index (χ4n) is 5.21. The number of aromatic nitrogens is 5. The van der Waals surface area contributed by atoms with E-state index in [9.17, 15) is 18.0 Å². The van der Waals surface area contributed by atoms with Gasteiger partial charge in [-0.25, -0.2) is 4.98 Å². The normalized spacial score (nSPS) is 18.9. The molecule has 0 saturated carbocycles. The molecule has 3 aromatic heterocycles. The summed E-state index contributed by atoms with van der Waals surface area (Å²) in [6, 6.07) is 7.51. The average Bonchev–Trinajstić information content (AvgIpc) is 3.58. The first-order chi connectivity index (χ1) is 18.3. The van der Waals surface area contributed by atoms with Crippen molar-refractivity contribution in [2.45, 2.75) is 38.4 Å². The summed E-state index contributed by atoms with van der Waals surface area (Å²) in [7, 11) is 0. The van der Waals surface area contributed by atoms with Gasteiger partial charge in [-0.05, 0) is 49.1 Å². The van der Waals surface area contributed by atoms with Crippen molar-refractivity contribution in [1.82, 2.24) is 25.0 Å². The van der Waals surface area contributed by atoms with Gasteiger partial charge in [0.05, 0.1) is 31.0 Å². The SMILES string of the molecule is C[C@@H]1COCCN1c1cc(-c2ccc(N3CCCCC3=O)cc2C(F)(F)F)c2cnn(-c3cc[nH]n3)c2n1. The number of aromatic amines is 1. The molecule has 2 saturated heterocycles. The van der Waals surface area contributed by atoms with E-state index in [1.807, 2.05) is 11.8 Å². The number of rotatable bonds is 4. The van der Waals surface area contributed by atoms with Gasteiger partial charge in [0.15, 0.2) is 11.5 Å². The number of alkyl halides is 3. The lowest BCUT2D eigenvalue weighted by molar-refractivity contribution is -0.137. The van der Waals surface area contributed by atoms with E-state index in [1.165, 1.54) is 21.8 Å². The number of hydrogen-bond acceptors (Lipinski definition) is 6. The van der Waals surface area contributed by atoms with E-state index < -0.39 is 11.7 Å².